The molecule has 2 fully saturated rings. The van der Waals surface area contributed by atoms with Crippen LogP contribution >= 0.6 is 0 Å². The molecule has 5 rings (SSSR count). The Morgan fingerprint density at radius 1 is 1.07 bits per heavy atom. The lowest BCUT2D eigenvalue weighted by Gasteiger charge is -2.57. The highest BCUT2D eigenvalue weighted by atomic mass is 16.5. The predicted octanol–water partition coefficient (Wildman–Crippen LogP) is 6.53. The summed E-state index contributed by atoms with van der Waals surface area (Å²) < 4.78 is 5.95. The maximum Gasteiger partial charge on any atom is 0.225 e. The Bertz CT molecular complexity index is 1200. The molecule has 0 radical (unpaired) electrons. The zero-order chi connectivity index (χ0) is 28.8. The van der Waals surface area contributed by atoms with E-state index in [1.54, 1.807) is 0 Å². The second kappa shape index (κ2) is 13.4. The fourth-order valence-electron chi connectivity index (χ4n) is 7.85. The zero-order valence-electron chi connectivity index (χ0n) is 25.4. The molecule has 3 atom stereocenters. The molecule has 3 unspecified atom stereocenters. The highest BCUT2D eigenvalue weighted by Gasteiger charge is 2.53. The van der Waals surface area contributed by atoms with E-state index < -0.39 is 0 Å². The van der Waals surface area contributed by atoms with Crippen LogP contribution in [-0.2, 0) is 16.8 Å². The van der Waals surface area contributed by atoms with Crippen molar-refractivity contribution in [3.8, 4) is 5.75 Å². The van der Waals surface area contributed by atoms with E-state index in [2.05, 4.69) is 64.7 Å². The van der Waals surface area contributed by atoms with Gasteiger partial charge >= 0.3 is 0 Å². The SMILES string of the molecule is [C-]#[N+]c1ccc(OCCCN2CCC(C3(C4CCCCN4C(=O)C(C)CC)CN(C)Cc4ccccc43)CC2)cc1. The van der Waals surface area contributed by atoms with Crippen LogP contribution in [0.3, 0.4) is 0 Å². The molecule has 0 bridgehead atoms. The number of piperidine rings is 2. The summed E-state index contributed by atoms with van der Waals surface area (Å²) in [4.78, 5) is 24.7. The van der Waals surface area contributed by atoms with Crippen molar-refractivity contribution in [1.29, 1.82) is 0 Å². The van der Waals surface area contributed by atoms with Crippen LogP contribution in [0.1, 0.15) is 69.9 Å². The molecule has 0 saturated carbocycles. The highest BCUT2D eigenvalue weighted by Crippen LogP contribution is 2.50. The lowest BCUT2D eigenvalue weighted by molar-refractivity contribution is -0.143. The molecule has 0 aromatic heterocycles. The number of fused-ring (bicyclic) bond motifs is 1. The van der Waals surface area contributed by atoms with Crippen molar-refractivity contribution in [1.82, 2.24) is 14.7 Å². The van der Waals surface area contributed by atoms with Crippen LogP contribution in [0.15, 0.2) is 48.5 Å². The van der Waals surface area contributed by atoms with E-state index in [-0.39, 0.29) is 17.4 Å². The van der Waals surface area contributed by atoms with E-state index in [9.17, 15) is 4.79 Å². The molecular weight excluding hydrogens is 508 g/mol. The summed E-state index contributed by atoms with van der Waals surface area (Å²) >= 11 is 0. The van der Waals surface area contributed by atoms with E-state index >= 15 is 0 Å². The lowest BCUT2D eigenvalue weighted by atomic mass is 9.58. The van der Waals surface area contributed by atoms with Gasteiger partial charge in [-0.2, -0.15) is 0 Å². The number of hydrogen-bond donors (Lipinski definition) is 0. The number of carbonyl (C=O) groups excluding carboxylic acids is 1. The number of carbonyl (C=O) groups is 1. The Kier molecular flexibility index (Phi) is 9.68. The van der Waals surface area contributed by atoms with E-state index in [0.717, 1.165) is 70.7 Å². The third-order valence-corrected chi connectivity index (χ3v) is 10.1. The monoisotopic (exact) mass is 556 g/mol. The summed E-state index contributed by atoms with van der Waals surface area (Å²) in [5, 5.41) is 0. The Morgan fingerprint density at radius 3 is 2.56 bits per heavy atom. The minimum atomic E-state index is -0.0279. The van der Waals surface area contributed by atoms with Crippen molar-refractivity contribution in [3.63, 3.8) is 0 Å². The summed E-state index contributed by atoms with van der Waals surface area (Å²) in [5.41, 5.74) is 3.58. The summed E-state index contributed by atoms with van der Waals surface area (Å²) in [6.45, 7) is 18.2. The molecule has 3 heterocycles. The van der Waals surface area contributed by atoms with Crippen LogP contribution in [0.2, 0.25) is 0 Å². The molecule has 0 aliphatic carbocycles. The topological polar surface area (TPSA) is 40.4 Å². The molecule has 41 heavy (non-hydrogen) atoms. The average Bonchev–Trinajstić information content (AvgIpc) is 3.02. The van der Waals surface area contributed by atoms with Gasteiger partial charge in [0.15, 0.2) is 5.69 Å². The summed E-state index contributed by atoms with van der Waals surface area (Å²) in [6.07, 6.45) is 7.68. The molecule has 0 spiro atoms. The van der Waals surface area contributed by atoms with Gasteiger partial charge in [-0.25, -0.2) is 4.85 Å². The first-order valence-corrected chi connectivity index (χ1v) is 15.9. The Morgan fingerprint density at radius 2 is 1.83 bits per heavy atom. The molecule has 220 valence electrons. The van der Waals surface area contributed by atoms with Crippen molar-refractivity contribution >= 4 is 11.6 Å². The van der Waals surface area contributed by atoms with Crippen molar-refractivity contribution in [3.05, 3.63) is 71.1 Å². The summed E-state index contributed by atoms with van der Waals surface area (Å²) in [6, 6.07) is 16.8. The quantitative estimate of drug-likeness (QED) is 0.260. The molecule has 2 aromatic carbocycles. The number of rotatable bonds is 9. The summed E-state index contributed by atoms with van der Waals surface area (Å²) in [7, 11) is 2.28. The number of nitrogens with zero attached hydrogens (tertiary/aromatic N) is 4. The van der Waals surface area contributed by atoms with Crippen LogP contribution in [0.4, 0.5) is 5.69 Å². The molecular formula is C35H48N4O2. The smallest absolute Gasteiger partial charge is 0.225 e. The van der Waals surface area contributed by atoms with Gasteiger partial charge in [-0.05, 0) is 94.3 Å². The number of likely N-dealkylation sites (N-methyl/N-ethyl adjacent to an activating group) is 1. The first-order valence-electron chi connectivity index (χ1n) is 15.9. The Hall–Kier alpha value is -2.88. The van der Waals surface area contributed by atoms with Crippen molar-refractivity contribution in [2.45, 2.75) is 76.8 Å². The van der Waals surface area contributed by atoms with E-state index in [4.69, 9.17) is 11.3 Å². The van der Waals surface area contributed by atoms with E-state index in [1.807, 2.05) is 24.3 Å². The fourth-order valence-corrected chi connectivity index (χ4v) is 7.85. The number of likely N-dealkylation sites (tertiary alicyclic amines) is 2. The molecule has 3 aliphatic heterocycles. The molecule has 2 aromatic rings. The second-order valence-corrected chi connectivity index (χ2v) is 12.6. The van der Waals surface area contributed by atoms with Gasteiger partial charge in [-0.3, -0.25) is 4.79 Å². The number of ether oxygens (including phenoxy) is 1. The van der Waals surface area contributed by atoms with Gasteiger partial charge < -0.3 is 19.4 Å². The standard InChI is InChI=1S/C35H48N4O2/c1-5-27(2)34(40)39-21-9-8-13-33(39)35(26-37(4)25-28-11-6-7-12-32(28)35)29-18-22-38(23-19-29)20-10-24-41-31-16-14-30(36-3)15-17-31/h6-7,11-12,14-17,27,29,33H,5,8-10,13,18-26H2,1-2,4H3. The first-order chi connectivity index (χ1) is 20.0. The van der Waals surface area contributed by atoms with Crippen LogP contribution in [-0.4, -0.2) is 73.0 Å². The van der Waals surface area contributed by atoms with Gasteiger partial charge in [0.25, 0.3) is 0 Å². The van der Waals surface area contributed by atoms with Crippen LogP contribution in [0.25, 0.3) is 4.85 Å². The van der Waals surface area contributed by atoms with Gasteiger partial charge in [0.05, 0.1) is 13.2 Å². The van der Waals surface area contributed by atoms with Gasteiger partial charge in [0.1, 0.15) is 5.75 Å². The maximum absolute atomic E-state index is 13.8. The lowest BCUT2D eigenvalue weighted by Crippen LogP contribution is -2.64. The highest BCUT2D eigenvalue weighted by molar-refractivity contribution is 5.79. The van der Waals surface area contributed by atoms with Crippen LogP contribution in [0.5, 0.6) is 5.75 Å². The van der Waals surface area contributed by atoms with Crippen molar-refractivity contribution in [2.75, 3.05) is 46.4 Å². The second-order valence-electron chi connectivity index (χ2n) is 12.6. The predicted molar refractivity (Wildman–Crippen MR) is 165 cm³/mol. The van der Waals surface area contributed by atoms with Gasteiger partial charge in [0.2, 0.25) is 5.91 Å². The number of benzene rings is 2. The third kappa shape index (κ3) is 6.32. The van der Waals surface area contributed by atoms with Crippen molar-refractivity contribution in [2.24, 2.45) is 11.8 Å². The Labute approximate surface area is 247 Å². The summed E-state index contributed by atoms with van der Waals surface area (Å²) in [5.74, 6) is 1.83. The third-order valence-electron chi connectivity index (χ3n) is 10.1. The number of hydrogen-bond acceptors (Lipinski definition) is 4. The average molecular weight is 557 g/mol. The van der Waals surface area contributed by atoms with Gasteiger partial charge in [0, 0.05) is 43.6 Å². The molecule has 2 saturated heterocycles. The largest absolute Gasteiger partial charge is 0.494 e. The van der Waals surface area contributed by atoms with Crippen molar-refractivity contribution < 1.29 is 9.53 Å². The maximum atomic E-state index is 13.8. The normalized spacial score (nSPS) is 24.8. The van der Waals surface area contributed by atoms with E-state index in [0.29, 0.717) is 24.1 Å². The molecule has 6 nitrogen and oxygen atoms in total. The molecule has 6 heteroatoms. The molecule has 0 N–H and O–H groups in total. The Balaban J connectivity index is 1.31. The minimum Gasteiger partial charge on any atom is -0.494 e. The first kappa shape index (κ1) is 29.6. The van der Waals surface area contributed by atoms with Crippen LogP contribution in [0, 0.1) is 18.4 Å². The van der Waals surface area contributed by atoms with E-state index in [1.165, 1.54) is 30.4 Å². The molecule has 3 aliphatic rings. The minimum absolute atomic E-state index is 0.0279. The van der Waals surface area contributed by atoms with Gasteiger partial charge in [-0.15, -0.1) is 0 Å². The fraction of sp³-hybridized carbons (Fsp3) is 0.600. The molecule has 1 amide bonds. The van der Waals surface area contributed by atoms with Gasteiger partial charge in [-0.1, -0.05) is 50.2 Å². The van der Waals surface area contributed by atoms with Crippen LogP contribution < -0.4 is 4.74 Å². The number of amides is 1. The zero-order valence-corrected chi connectivity index (χ0v) is 25.4.